The van der Waals surface area contributed by atoms with Gasteiger partial charge in [0.1, 0.15) is 5.75 Å². The summed E-state index contributed by atoms with van der Waals surface area (Å²) in [4.78, 5) is 0. The van der Waals surface area contributed by atoms with Crippen LogP contribution < -0.4 is 5.48 Å². The van der Waals surface area contributed by atoms with Crippen molar-refractivity contribution >= 4 is 0 Å². The Hall–Kier alpha value is -1.06. The van der Waals surface area contributed by atoms with Crippen molar-refractivity contribution in [2.75, 3.05) is 0 Å². The van der Waals surface area contributed by atoms with E-state index in [1.807, 2.05) is 20.8 Å². The summed E-state index contributed by atoms with van der Waals surface area (Å²) in [6, 6.07) is 1.72. The number of aromatic hydroxyl groups is 1. The third kappa shape index (κ3) is 1.82. The van der Waals surface area contributed by atoms with Crippen molar-refractivity contribution in [3.8, 4) is 5.75 Å². The summed E-state index contributed by atoms with van der Waals surface area (Å²) in [5.41, 5.74) is 6.06. The van der Waals surface area contributed by atoms with Gasteiger partial charge < -0.3 is 10.3 Å². The first-order valence-electron chi connectivity index (χ1n) is 4.23. The smallest absolute Gasteiger partial charge is 0.119 e. The number of nitrogens with one attached hydrogen (secondary N) is 1. The van der Waals surface area contributed by atoms with E-state index in [4.69, 9.17) is 5.21 Å². The predicted octanol–water partition coefficient (Wildman–Crippen LogP) is 1.80. The number of phenols is 1. The Morgan fingerprint density at radius 3 is 2.38 bits per heavy atom. The topological polar surface area (TPSA) is 52.5 Å². The summed E-state index contributed by atoms with van der Waals surface area (Å²) in [6.45, 7) is 6.14. The summed E-state index contributed by atoms with van der Waals surface area (Å²) in [5, 5.41) is 18.1. The van der Waals surface area contributed by atoms with E-state index < -0.39 is 0 Å². The first kappa shape index (κ1) is 10.0. The van der Waals surface area contributed by atoms with Gasteiger partial charge in [0.05, 0.1) is 0 Å². The molecule has 13 heavy (non-hydrogen) atoms. The van der Waals surface area contributed by atoms with Gasteiger partial charge in [-0.25, -0.2) is 5.48 Å². The summed E-state index contributed by atoms with van der Waals surface area (Å²) in [6.07, 6.45) is 0. The van der Waals surface area contributed by atoms with Gasteiger partial charge in [-0.3, -0.25) is 0 Å². The molecular weight excluding hydrogens is 166 g/mol. The van der Waals surface area contributed by atoms with Gasteiger partial charge in [0, 0.05) is 6.54 Å². The Kier molecular flexibility index (Phi) is 2.90. The zero-order chi connectivity index (χ0) is 10.0. The van der Waals surface area contributed by atoms with Crippen LogP contribution in [0.15, 0.2) is 6.07 Å². The molecule has 0 heterocycles. The summed E-state index contributed by atoms with van der Waals surface area (Å²) in [5.74, 6) is 0.316. The van der Waals surface area contributed by atoms with E-state index in [1.165, 1.54) is 0 Å². The SMILES string of the molecule is Cc1cc(O)c(C)c(C)c1CNO. The zero-order valence-corrected chi connectivity index (χ0v) is 8.18. The monoisotopic (exact) mass is 181 g/mol. The average Bonchev–Trinajstić information content (AvgIpc) is 2.09. The van der Waals surface area contributed by atoms with Gasteiger partial charge in [0.25, 0.3) is 0 Å². The van der Waals surface area contributed by atoms with E-state index in [2.05, 4.69) is 5.48 Å². The highest BCUT2D eigenvalue weighted by atomic mass is 16.5. The number of aryl methyl sites for hydroxylation is 1. The van der Waals surface area contributed by atoms with Crippen LogP contribution in [0, 0.1) is 20.8 Å². The van der Waals surface area contributed by atoms with Crippen molar-refractivity contribution in [2.45, 2.75) is 27.3 Å². The van der Waals surface area contributed by atoms with Crippen LogP contribution in [0.2, 0.25) is 0 Å². The maximum absolute atomic E-state index is 9.49. The normalized spacial score (nSPS) is 10.5. The van der Waals surface area contributed by atoms with Crippen LogP contribution in [-0.2, 0) is 6.54 Å². The second-order valence-electron chi connectivity index (χ2n) is 3.28. The fraction of sp³-hybridized carbons (Fsp3) is 0.400. The van der Waals surface area contributed by atoms with Gasteiger partial charge in [0.15, 0.2) is 0 Å². The summed E-state index contributed by atoms with van der Waals surface area (Å²) >= 11 is 0. The van der Waals surface area contributed by atoms with E-state index in [0.717, 1.165) is 22.3 Å². The molecule has 1 aromatic rings. The molecule has 0 bridgehead atoms. The molecule has 0 atom stereocenters. The molecule has 0 aliphatic heterocycles. The molecule has 0 radical (unpaired) electrons. The van der Waals surface area contributed by atoms with Crippen molar-refractivity contribution < 1.29 is 10.3 Å². The quantitative estimate of drug-likeness (QED) is 0.610. The predicted molar refractivity (Wildman–Crippen MR) is 50.9 cm³/mol. The molecule has 0 unspecified atom stereocenters. The van der Waals surface area contributed by atoms with E-state index in [1.54, 1.807) is 6.07 Å². The molecule has 0 spiro atoms. The van der Waals surface area contributed by atoms with Crippen LogP contribution in [0.1, 0.15) is 22.3 Å². The Morgan fingerprint density at radius 2 is 1.85 bits per heavy atom. The molecule has 0 amide bonds. The molecule has 1 rings (SSSR count). The summed E-state index contributed by atoms with van der Waals surface area (Å²) < 4.78 is 0. The highest BCUT2D eigenvalue weighted by Gasteiger charge is 2.08. The van der Waals surface area contributed by atoms with E-state index in [-0.39, 0.29) is 0 Å². The van der Waals surface area contributed by atoms with E-state index in [9.17, 15) is 5.11 Å². The van der Waals surface area contributed by atoms with Crippen LogP contribution in [0.4, 0.5) is 0 Å². The maximum Gasteiger partial charge on any atom is 0.119 e. The maximum atomic E-state index is 9.49. The van der Waals surface area contributed by atoms with Crippen LogP contribution in [0.5, 0.6) is 5.75 Å². The van der Waals surface area contributed by atoms with Crippen molar-refractivity contribution in [1.29, 1.82) is 0 Å². The lowest BCUT2D eigenvalue weighted by molar-refractivity contribution is 0.161. The number of hydrogen-bond donors (Lipinski definition) is 3. The first-order chi connectivity index (χ1) is 6.07. The third-order valence-electron chi connectivity index (χ3n) is 2.48. The first-order valence-corrected chi connectivity index (χ1v) is 4.23. The molecule has 3 nitrogen and oxygen atoms in total. The van der Waals surface area contributed by atoms with Crippen molar-refractivity contribution in [2.24, 2.45) is 0 Å². The van der Waals surface area contributed by atoms with Gasteiger partial charge in [0.2, 0.25) is 0 Å². The van der Waals surface area contributed by atoms with Gasteiger partial charge in [-0.2, -0.15) is 0 Å². The standard InChI is InChI=1S/C10H15NO2/c1-6-4-10(12)8(3)7(2)9(6)5-11-13/h4,11-13H,5H2,1-3H3. The van der Waals surface area contributed by atoms with Crippen LogP contribution >= 0.6 is 0 Å². The molecule has 0 aliphatic carbocycles. The Labute approximate surface area is 78.0 Å². The number of benzene rings is 1. The van der Waals surface area contributed by atoms with Gasteiger partial charge >= 0.3 is 0 Å². The lowest BCUT2D eigenvalue weighted by atomic mass is 9.97. The molecule has 0 fully saturated rings. The lowest BCUT2D eigenvalue weighted by Gasteiger charge is -2.12. The van der Waals surface area contributed by atoms with Crippen LogP contribution in [0.25, 0.3) is 0 Å². The van der Waals surface area contributed by atoms with Crippen molar-refractivity contribution in [3.63, 3.8) is 0 Å². The van der Waals surface area contributed by atoms with Crippen molar-refractivity contribution in [3.05, 3.63) is 28.3 Å². The molecule has 3 heteroatoms. The fourth-order valence-electron chi connectivity index (χ4n) is 1.47. The Morgan fingerprint density at radius 1 is 1.23 bits per heavy atom. The van der Waals surface area contributed by atoms with Gasteiger partial charge in [-0.1, -0.05) is 0 Å². The molecule has 0 saturated carbocycles. The summed E-state index contributed by atoms with van der Waals surface area (Å²) in [7, 11) is 0. The molecule has 0 aromatic heterocycles. The minimum atomic E-state index is 0.316. The largest absolute Gasteiger partial charge is 0.508 e. The Balaban J connectivity index is 3.26. The second kappa shape index (κ2) is 3.77. The minimum Gasteiger partial charge on any atom is -0.508 e. The number of hydrogen-bond acceptors (Lipinski definition) is 3. The van der Waals surface area contributed by atoms with Crippen LogP contribution in [0.3, 0.4) is 0 Å². The molecule has 0 aliphatic rings. The third-order valence-corrected chi connectivity index (χ3v) is 2.48. The molecule has 1 aromatic carbocycles. The van der Waals surface area contributed by atoms with Gasteiger partial charge in [-0.05, 0) is 49.1 Å². The number of hydroxylamine groups is 1. The molecule has 72 valence electrons. The van der Waals surface area contributed by atoms with E-state index >= 15 is 0 Å². The highest BCUT2D eigenvalue weighted by molar-refractivity contribution is 5.47. The molecule has 3 N–H and O–H groups in total. The molecule has 0 saturated heterocycles. The number of rotatable bonds is 2. The highest BCUT2D eigenvalue weighted by Crippen LogP contribution is 2.26. The minimum absolute atomic E-state index is 0.316. The van der Waals surface area contributed by atoms with Crippen LogP contribution in [-0.4, -0.2) is 10.3 Å². The fourth-order valence-corrected chi connectivity index (χ4v) is 1.47. The molecular formula is C10H15NO2. The number of phenolic OH excluding ortho intramolecular Hbond substituents is 1. The Bertz CT molecular complexity index is 321. The lowest BCUT2D eigenvalue weighted by Crippen LogP contribution is -2.09. The zero-order valence-electron chi connectivity index (χ0n) is 8.18. The second-order valence-corrected chi connectivity index (χ2v) is 3.28. The average molecular weight is 181 g/mol. The van der Waals surface area contributed by atoms with Crippen molar-refractivity contribution in [1.82, 2.24) is 5.48 Å². The van der Waals surface area contributed by atoms with E-state index in [0.29, 0.717) is 12.3 Å². The van der Waals surface area contributed by atoms with Gasteiger partial charge in [-0.15, -0.1) is 0 Å².